The van der Waals surface area contributed by atoms with E-state index in [1.54, 1.807) is 0 Å². The molecule has 0 aliphatic rings. The molecule has 0 aromatic rings. The maximum Gasteiger partial charge on any atom is 0.472 e. The average Bonchev–Trinajstić information content (AvgIpc) is 1.27. The summed E-state index contributed by atoms with van der Waals surface area (Å²) in [6.45, 7) is 9.61. The summed E-state index contributed by atoms with van der Waals surface area (Å²) in [6.07, 6.45) is 60.0. The van der Waals surface area contributed by atoms with E-state index in [2.05, 4.69) is 41.5 Å². The first-order valence-electron chi connectivity index (χ1n) is 41.0. The Morgan fingerprint density at radius 3 is 0.776 bits per heavy atom. The van der Waals surface area contributed by atoms with Crippen molar-refractivity contribution in [2.75, 3.05) is 39.6 Å². The molecule has 0 saturated heterocycles. The number of esters is 4. The summed E-state index contributed by atoms with van der Waals surface area (Å²) in [5.74, 6) is -0.481. The van der Waals surface area contributed by atoms with Gasteiger partial charge in [-0.25, -0.2) is 9.13 Å². The summed E-state index contributed by atoms with van der Waals surface area (Å²) in [5.41, 5.74) is 0. The van der Waals surface area contributed by atoms with Crippen LogP contribution in [0.25, 0.3) is 0 Å². The van der Waals surface area contributed by atoms with Crippen LogP contribution >= 0.6 is 15.6 Å². The Kier molecular flexibility index (Phi) is 69.3. The second-order valence-corrected chi connectivity index (χ2v) is 32.1. The molecule has 0 rings (SSSR count). The highest BCUT2D eigenvalue weighted by Gasteiger charge is 2.30. The topological polar surface area (TPSA) is 237 Å². The minimum absolute atomic E-state index is 0.107. The van der Waals surface area contributed by atoms with E-state index < -0.39 is 97.5 Å². The van der Waals surface area contributed by atoms with Crippen molar-refractivity contribution in [2.45, 2.75) is 432 Å². The summed E-state index contributed by atoms with van der Waals surface area (Å²) >= 11 is 0. The Labute approximate surface area is 600 Å². The van der Waals surface area contributed by atoms with E-state index in [1.165, 1.54) is 225 Å². The van der Waals surface area contributed by atoms with Gasteiger partial charge in [-0.15, -0.1) is 0 Å². The fourth-order valence-electron chi connectivity index (χ4n) is 12.2. The third kappa shape index (κ3) is 71.1. The Hall–Kier alpha value is -1.94. The van der Waals surface area contributed by atoms with Crippen LogP contribution in [0.2, 0.25) is 0 Å². The molecule has 0 aromatic carbocycles. The number of aliphatic hydroxyl groups excluding tert-OH is 1. The minimum Gasteiger partial charge on any atom is -0.462 e. The number of ether oxygens (including phenoxy) is 4. The number of unbranched alkanes of at least 4 members (excludes halogenated alkanes) is 47. The molecule has 0 heterocycles. The lowest BCUT2D eigenvalue weighted by Crippen LogP contribution is -2.30. The first-order valence-corrected chi connectivity index (χ1v) is 44.0. The first-order chi connectivity index (χ1) is 47.4. The maximum absolute atomic E-state index is 13.1. The van der Waals surface area contributed by atoms with Gasteiger partial charge in [0.25, 0.3) is 0 Å². The van der Waals surface area contributed by atoms with Gasteiger partial charge in [0.05, 0.1) is 26.4 Å². The number of hydrogen-bond acceptors (Lipinski definition) is 15. The molecule has 3 N–H and O–H groups in total. The number of phosphoric acid groups is 2. The molecule has 0 radical (unpaired) electrons. The van der Waals surface area contributed by atoms with Gasteiger partial charge in [0.1, 0.15) is 19.3 Å². The SMILES string of the molecule is CCCCCCCCCCCCCCCCCCCCC(=O)OC[C@H](COP(=O)(O)OC[C@@H](O)COP(=O)(O)OC[C@@H](COC(=O)CCCCCCC)OC(=O)CCCCCCCCCCCCCCCCC(C)C)OC(=O)CCCCCCCCCCCCCCCCC(C)CC. The van der Waals surface area contributed by atoms with Gasteiger partial charge in [0.2, 0.25) is 0 Å². The predicted octanol–water partition coefficient (Wildman–Crippen LogP) is 23.5. The van der Waals surface area contributed by atoms with E-state index in [1.807, 2.05) is 0 Å². The number of carbonyl (C=O) groups is 4. The lowest BCUT2D eigenvalue weighted by molar-refractivity contribution is -0.161. The molecular weight excluding hydrogens is 1280 g/mol. The van der Waals surface area contributed by atoms with Crippen molar-refractivity contribution in [3.05, 3.63) is 0 Å². The summed E-state index contributed by atoms with van der Waals surface area (Å²) in [7, 11) is -9.91. The second-order valence-electron chi connectivity index (χ2n) is 29.2. The van der Waals surface area contributed by atoms with Crippen molar-refractivity contribution < 1.29 is 80.2 Å². The number of rotatable bonds is 78. The van der Waals surface area contributed by atoms with E-state index in [0.717, 1.165) is 108 Å². The zero-order valence-electron chi connectivity index (χ0n) is 64.1. The summed E-state index contributed by atoms with van der Waals surface area (Å²) in [6, 6.07) is 0. The van der Waals surface area contributed by atoms with Crippen molar-refractivity contribution in [2.24, 2.45) is 11.8 Å². The molecule has 0 aliphatic heterocycles. The zero-order chi connectivity index (χ0) is 72.1. The number of hydrogen-bond donors (Lipinski definition) is 3. The molecule has 582 valence electrons. The zero-order valence-corrected chi connectivity index (χ0v) is 65.9. The highest BCUT2D eigenvalue weighted by atomic mass is 31.2. The number of carbonyl (C=O) groups excluding carboxylic acids is 4. The summed E-state index contributed by atoms with van der Waals surface area (Å²) in [4.78, 5) is 72.7. The average molecular weight is 1440 g/mol. The summed E-state index contributed by atoms with van der Waals surface area (Å²) < 4.78 is 68.4. The molecule has 0 amide bonds. The van der Waals surface area contributed by atoms with Crippen LogP contribution in [0.1, 0.15) is 414 Å². The van der Waals surface area contributed by atoms with Gasteiger partial charge in [-0.1, -0.05) is 363 Å². The van der Waals surface area contributed by atoms with Crippen LogP contribution in [-0.2, 0) is 65.4 Å². The van der Waals surface area contributed by atoms with Crippen LogP contribution in [0, 0.1) is 11.8 Å². The molecule has 0 saturated carbocycles. The fourth-order valence-corrected chi connectivity index (χ4v) is 13.7. The lowest BCUT2D eigenvalue weighted by atomic mass is 9.99. The Balaban J connectivity index is 5.13. The molecule has 0 bridgehead atoms. The van der Waals surface area contributed by atoms with Gasteiger partial charge in [0.15, 0.2) is 12.2 Å². The second kappa shape index (κ2) is 70.7. The van der Waals surface area contributed by atoms with Gasteiger partial charge in [-0.3, -0.25) is 37.3 Å². The predicted molar refractivity (Wildman–Crippen MR) is 400 cm³/mol. The molecule has 0 aliphatic carbocycles. The standard InChI is InChI=1S/C79H154O17P2/c1-7-10-12-14-15-16-17-18-19-20-21-22-29-34-39-44-50-56-62-77(82)90-68-75(96-79(84)64-58-52-46-41-36-31-26-24-28-33-38-43-49-54-60-72(6)9-3)70-94-98(87,88)92-66-73(80)65-91-97(85,86)93-69-74(67-89-76(81)61-55-47-13-11-8-2)95-78(83)63-57-51-45-40-35-30-25-23-27-32-37-42-48-53-59-71(4)5/h71-75,80H,7-70H2,1-6H3,(H,85,86)(H,87,88)/t72?,73-,74+,75+/m0/s1. The molecule has 0 aromatic heterocycles. The Morgan fingerprint density at radius 2 is 0.520 bits per heavy atom. The molecule has 0 fully saturated rings. The third-order valence-corrected chi connectivity index (χ3v) is 20.7. The Bertz CT molecular complexity index is 1890. The van der Waals surface area contributed by atoms with E-state index in [0.29, 0.717) is 25.7 Å². The highest BCUT2D eigenvalue weighted by molar-refractivity contribution is 7.47. The van der Waals surface area contributed by atoms with Crippen molar-refractivity contribution in [1.82, 2.24) is 0 Å². The van der Waals surface area contributed by atoms with Crippen molar-refractivity contribution in [1.29, 1.82) is 0 Å². The fraction of sp³-hybridized carbons (Fsp3) is 0.949. The molecule has 6 atom stereocenters. The highest BCUT2D eigenvalue weighted by Crippen LogP contribution is 2.45. The van der Waals surface area contributed by atoms with E-state index in [-0.39, 0.29) is 25.7 Å². The smallest absolute Gasteiger partial charge is 0.462 e. The van der Waals surface area contributed by atoms with Gasteiger partial charge >= 0.3 is 39.5 Å². The van der Waals surface area contributed by atoms with Crippen molar-refractivity contribution >= 4 is 39.5 Å². The number of phosphoric ester groups is 2. The maximum atomic E-state index is 13.1. The van der Waals surface area contributed by atoms with Gasteiger partial charge in [-0.2, -0.15) is 0 Å². The molecule has 17 nitrogen and oxygen atoms in total. The quantitative estimate of drug-likeness (QED) is 0.0222. The van der Waals surface area contributed by atoms with E-state index in [9.17, 15) is 43.2 Å². The minimum atomic E-state index is -4.96. The number of aliphatic hydroxyl groups is 1. The molecule has 19 heteroatoms. The van der Waals surface area contributed by atoms with Gasteiger partial charge < -0.3 is 33.8 Å². The molecule has 3 unspecified atom stereocenters. The molecule has 0 spiro atoms. The van der Waals surface area contributed by atoms with Crippen molar-refractivity contribution in [3.8, 4) is 0 Å². The van der Waals surface area contributed by atoms with Crippen molar-refractivity contribution in [3.63, 3.8) is 0 Å². The van der Waals surface area contributed by atoms with Crippen LogP contribution in [0.4, 0.5) is 0 Å². The normalized spacial score (nSPS) is 14.2. The molecular formula is C79H154O17P2. The van der Waals surface area contributed by atoms with Crippen LogP contribution in [0.3, 0.4) is 0 Å². The monoisotopic (exact) mass is 1440 g/mol. The van der Waals surface area contributed by atoms with Gasteiger partial charge in [-0.05, 0) is 37.5 Å². The van der Waals surface area contributed by atoms with E-state index >= 15 is 0 Å². The largest absolute Gasteiger partial charge is 0.472 e. The summed E-state index contributed by atoms with van der Waals surface area (Å²) in [5, 5.41) is 10.6. The van der Waals surface area contributed by atoms with Crippen LogP contribution in [0.15, 0.2) is 0 Å². The van der Waals surface area contributed by atoms with Crippen LogP contribution in [0.5, 0.6) is 0 Å². The first kappa shape index (κ1) is 96.1. The van der Waals surface area contributed by atoms with Gasteiger partial charge in [0, 0.05) is 25.7 Å². The Morgan fingerprint density at radius 1 is 0.296 bits per heavy atom. The van der Waals surface area contributed by atoms with Crippen LogP contribution < -0.4 is 0 Å². The lowest BCUT2D eigenvalue weighted by Gasteiger charge is -2.21. The van der Waals surface area contributed by atoms with Crippen LogP contribution in [-0.4, -0.2) is 96.7 Å². The molecule has 98 heavy (non-hydrogen) atoms. The van der Waals surface area contributed by atoms with E-state index in [4.69, 9.17) is 37.0 Å². The third-order valence-electron chi connectivity index (χ3n) is 18.8.